The topological polar surface area (TPSA) is 83.6 Å². The third kappa shape index (κ3) is 4.06. The van der Waals surface area contributed by atoms with Gasteiger partial charge in [-0.3, -0.25) is 0 Å². The normalized spacial score (nSPS) is 25.3. The summed E-state index contributed by atoms with van der Waals surface area (Å²) >= 11 is 0. The molecule has 1 aliphatic rings. The van der Waals surface area contributed by atoms with E-state index in [1.807, 2.05) is 6.92 Å². The average molecular weight is 256 g/mol. The lowest BCUT2D eigenvalue weighted by molar-refractivity contribution is 0.311. The molecule has 8 heteroatoms. The Kier molecular flexibility index (Phi) is 3.75. The second kappa shape index (κ2) is 4.36. The second-order valence-corrected chi connectivity index (χ2v) is 8.34. The lowest BCUT2D eigenvalue weighted by atomic mass is 10.3. The quantitative estimate of drug-likeness (QED) is 0.672. The maximum absolute atomic E-state index is 11.7. The van der Waals surface area contributed by atoms with Gasteiger partial charge in [-0.15, -0.1) is 0 Å². The summed E-state index contributed by atoms with van der Waals surface area (Å²) in [6.45, 7) is 3.09. The van der Waals surface area contributed by atoms with E-state index < -0.39 is 24.9 Å². The summed E-state index contributed by atoms with van der Waals surface area (Å²) in [6.07, 6.45) is 0.927. The summed E-state index contributed by atoms with van der Waals surface area (Å²) in [5.41, 5.74) is 0. The largest absolute Gasteiger partial charge is 0.312 e. The Morgan fingerprint density at radius 2 is 1.93 bits per heavy atom. The van der Waals surface area contributed by atoms with Crippen molar-refractivity contribution in [2.24, 2.45) is 0 Å². The van der Waals surface area contributed by atoms with Crippen LogP contribution in [0.25, 0.3) is 0 Å². The van der Waals surface area contributed by atoms with Crippen molar-refractivity contribution in [3.05, 3.63) is 0 Å². The van der Waals surface area contributed by atoms with Gasteiger partial charge in [-0.2, -0.15) is 4.31 Å². The molecule has 0 spiro atoms. The Bertz CT molecular complexity index is 414. The summed E-state index contributed by atoms with van der Waals surface area (Å²) in [5, 5.41) is 2.29. The SMILES string of the molecule is C[C@@H]1CN(S(=O)(=O)CS(C)(=O)=O)CCN1. The molecule has 15 heavy (non-hydrogen) atoms. The highest BCUT2D eigenvalue weighted by Gasteiger charge is 2.29. The number of rotatable bonds is 3. The third-order valence-corrected chi connectivity index (χ3v) is 6.11. The lowest BCUT2D eigenvalue weighted by Crippen LogP contribution is -2.52. The van der Waals surface area contributed by atoms with Crippen LogP contribution in [-0.4, -0.2) is 58.2 Å². The van der Waals surface area contributed by atoms with Gasteiger partial charge < -0.3 is 5.32 Å². The number of hydrogen-bond acceptors (Lipinski definition) is 5. The highest BCUT2D eigenvalue weighted by molar-refractivity contribution is 8.06. The van der Waals surface area contributed by atoms with Crippen molar-refractivity contribution >= 4 is 19.9 Å². The van der Waals surface area contributed by atoms with Gasteiger partial charge in [-0.1, -0.05) is 0 Å². The number of hydrogen-bond donors (Lipinski definition) is 1. The van der Waals surface area contributed by atoms with Crippen LogP contribution < -0.4 is 5.32 Å². The highest BCUT2D eigenvalue weighted by Crippen LogP contribution is 2.08. The highest BCUT2D eigenvalue weighted by atomic mass is 32.3. The van der Waals surface area contributed by atoms with Gasteiger partial charge in [0.05, 0.1) is 0 Å². The van der Waals surface area contributed by atoms with E-state index in [2.05, 4.69) is 5.32 Å². The van der Waals surface area contributed by atoms with Crippen LogP contribution in [0.15, 0.2) is 0 Å². The molecule has 0 aliphatic carbocycles. The van der Waals surface area contributed by atoms with E-state index in [0.717, 1.165) is 6.26 Å². The maximum Gasteiger partial charge on any atom is 0.228 e. The second-order valence-electron chi connectivity index (χ2n) is 3.87. The number of sulfonamides is 1. The van der Waals surface area contributed by atoms with Gasteiger partial charge in [0.1, 0.15) is 0 Å². The van der Waals surface area contributed by atoms with Crippen molar-refractivity contribution in [2.75, 3.05) is 31.0 Å². The van der Waals surface area contributed by atoms with Crippen LogP contribution in [0.2, 0.25) is 0 Å². The van der Waals surface area contributed by atoms with Gasteiger partial charge in [0.25, 0.3) is 0 Å². The summed E-state index contributed by atoms with van der Waals surface area (Å²) in [4.78, 5) is 0. The fourth-order valence-corrected chi connectivity index (χ4v) is 5.08. The molecule has 0 saturated carbocycles. The van der Waals surface area contributed by atoms with E-state index >= 15 is 0 Å². The molecule has 1 atom stereocenters. The standard InChI is InChI=1S/C7H16N2O4S2/c1-7-5-9(4-3-8-7)15(12,13)6-14(2,10)11/h7-8H,3-6H2,1-2H3/t7-/m1/s1. The first kappa shape index (κ1) is 12.9. The summed E-state index contributed by atoms with van der Waals surface area (Å²) in [5.74, 6) is 0. The minimum absolute atomic E-state index is 0.0630. The monoisotopic (exact) mass is 256 g/mol. The molecule has 1 heterocycles. The predicted molar refractivity (Wildman–Crippen MR) is 57.7 cm³/mol. The molecular formula is C7H16N2O4S2. The Morgan fingerprint density at radius 3 is 2.40 bits per heavy atom. The van der Waals surface area contributed by atoms with Crippen molar-refractivity contribution in [3.63, 3.8) is 0 Å². The first-order valence-corrected chi connectivity index (χ1v) is 8.26. The minimum atomic E-state index is -3.67. The molecule has 1 fully saturated rings. The first-order valence-electron chi connectivity index (χ1n) is 4.60. The Labute approximate surface area is 90.6 Å². The van der Waals surface area contributed by atoms with Crippen LogP contribution in [0.1, 0.15) is 6.92 Å². The van der Waals surface area contributed by atoms with E-state index in [4.69, 9.17) is 0 Å². The number of nitrogens with one attached hydrogen (secondary N) is 1. The number of piperazine rings is 1. The van der Waals surface area contributed by atoms with E-state index in [0.29, 0.717) is 19.6 Å². The van der Waals surface area contributed by atoms with Crippen LogP contribution in [-0.2, 0) is 19.9 Å². The van der Waals surface area contributed by atoms with E-state index in [1.54, 1.807) is 0 Å². The van der Waals surface area contributed by atoms with E-state index in [9.17, 15) is 16.8 Å². The molecule has 6 nitrogen and oxygen atoms in total. The van der Waals surface area contributed by atoms with Gasteiger partial charge in [0, 0.05) is 31.9 Å². The van der Waals surface area contributed by atoms with Crippen LogP contribution in [0.4, 0.5) is 0 Å². The summed E-state index contributed by atoms with van der Waals surface area (Å²) in [6, 6.07) is 0.0630. The minimum Gasteiger partial charge on any atom is -0.312 e. The Balaban J connectivity index is 2.78. The van der Waals surface area contributed by atoms with Crippen LogP contribution in [0, 0.1) is 0 Å². The molecular weight excluding hydrogens is 240 g/mol. The zero-order chi connectivity index (χ0) is 11.7. The van der Waals surface area contributed by atoms with Crippen molar-refractivity contribution in [1.82, 2.24) is 9.62 Å². The van der Waals surface area contributed by atoms with Crippen molar-refractivity contribution in [3.8, 4) is 0 Å². The number of sulfone groups is 1. The van der Waals surface area contributed by atoms with Crippen LogP contribution in [0.5, 0.6) is 0 Å². The maximum atomic E-state index is 11.7. The predicted octanol–water partition coefficient (Wildman–Crippen LogP) is -1.39. The van der Waals surface area contributed by atoms with Gasteiger partial charge >= 0.3 is 0 Å². The van der Waals surface area contributed by atoms with Crippen molar-refractivity contribution in [2.45, 2.75) is 13.0 Å². The molecule has 1 rings (SSSR count). The smallest absolute Gasteiger partial charge is 0.228 e. The summed E-state index contributed by atoms with van der Waals surface area (Å²) < 4.78 is 46.5. The van der Waals surface area contributed by atoms with Crippen LogP contribution in [0.3, 0.4) is 0 Å². The number of nitrogens with zero attached hydrogens (tertiary/aromatic N) is 1. The van der Waals surface area contributed by atoms with Gasteiger partial charge in [0.2, 0.25) is 10.0 Å². The van der Waals surface area contributed by atoms with E-state index in [1.165, 1.54) is 4.31 Å². The van der Waals surface area contributed by atoms with Gasteiger partial charge in [-0.25, -0.2) is 16.8 Å². The molecule has 90 valence electrons. The average Bonchev–Trinajstić information content (AvgIpc) is 1.99. The fourth-order valence-electron chi connectivity index (χ4n) is 1.49. The molecule has 1 aliphatic heterocycles. The molecule has 0 bridgehead atoms. The zero-order valence-electron chi connectivity index (χ0n) is 8.80. The Morgan fingerprint density at radius 1 is 1.33 bits per heavy atom. The molecule has 0 radical (unpaired) electrons. The Hall–Kier alpha value is -0.180. The molecule has 1 saturated heterocycles. The molecule has 0 unspecified atom stereocenters. The van der Waals surface area contributed by atoms with Crippen molar-refractivity contribution in [1.29, 1.82) is 0 Å². The molecule has 0 aromatic carbocycles. The molecule has 0 amide bonds. The van der Waals surface area contributed by atoms with Gasteiger partial charge in [0.15, 0.2) is 14.9 Å². The molecule has 1 N–H and O–H groups in total. The van der Waals surface area contributed by atoms with Crippen molar-refractivity contribution < 1.29 is 16.8 Å². The summed E-state index contributed by atoms with van der Waals surface area (Å²) in [7, 11) is -7.17. The third-order valence-electron chi connectivity index (χ3n) is 2.09. The molecule has 0 aromatic heterocycles. The van der Waals surface area contributed by atoms with Crippen LogP contribution >= 0.6 is 0 Å². The lowest BCUT2D eigenvalue weighted by Gasteiger charge is -2.30. The van der Waals surface area contributed by atoms with Gasteiger partial charge in [-0.05, 0) is 6.92 Å². The zero-order valence-corrected chi connectivity index (χ0v) is 10.4. The first-order chi connectivity index (χ1) is 6.71. The van der Waals surface area contributed by atoms with E-state index in [-0.39, 0.29) is 6.04 Å². The fraction of sp³-hybridized carbons (Fsp3) is 1.00. The molecule has 0 aromatic rings.